The van der Waals surface area contributed by atoms with Gasteiger partial charge in [0.05, 0.1) is 6.61 Å². The Morgan fingerprint density at radius 2 is 2.47 bits per heavy atom. The lowest BCUT2D eigenvalue weighted by Gasteiger charge is -2.04. The van der Waals surface area contributed by atoms with E-state index in [1.54, 1.807) is 12.3 Å². The molecule has 0 spiro atoms. The van der Waals surface area contributed by atoms with E-state index in [1.807, 2.05) is 6.92 Å². The summed E-state index contributed by atoms with van der Waals surface area (Å²) < 4.78 is 10.0. The zero-order valence-corrected chi connectivity index (χ0v) is 9.54. The largest absolute Gasteiger partial charge is 0.468 e. The molecule has 5 nitrogen and oxygen atoms in total. The van der Waals surface area contributed by atoms with Gasteiger partial charge in [0.2, 0.25) is 0 Å². The third kappa shape index (κ3) is 3.85. The highest BCUT2D eigenvalue weighted by Crippen LogP contribution is 2.18. The van der Waals surface area contributed by atoms with Crippen molar-refractivity contribution >= 4 is 17.3 Å². The van der Waals surface area contributed by atoms with Gasteiger partial charge in [0, 0.05) is 11.4 Å². The van der Waals surface area contributed by atoms with Crippen molar-refractivity contribution in [3.63, 3.8) is 0 Å². The second-order valence-corrected chi connectivity index (χ2v) is 3.83. The molecule has 1 rings (SSSR count). The molecule has 0 aliphatic heterocycles. The number of nitrogens with zero attached hydrogens (tertiary/aromatic N) is 1. The van der Waals surface area contributed by atoms with Gasteiger partial charge in [0.15, 0.2) is 5.69 Å². The van der Waals surface area contributed by atoms with Gasteiger partial charge in [-0.15, -0.1) is 0 Å². The molecule has 0 radical (unpaired) electrons. The summed E-state index contributed by atoms with van der Waals surface area (Å²) in [6.45, 7) is 4.31. The summed E-state index contributed by atoms with van der Waals surface area (Å²) in [4.78, 5) is 15.2. The highest BCUT2D eigenvalue weighted by atomic mass is 32.1. The predicted octanol–water partition coefficient (Wildman–Crippen LogP) is 1.05. The molecule has 1 aromatic rings. The molecule has 0 bridgehead atoms. The topological polar surface area (TPSA) is 74.4 Å². The van der Waals surface area contributed by atoms with Crippen molar-refractivity contribution in [3.8, 4) is 5.19 Å². The Balaban J connectivity index is 2.52. The summed E-state index contributed by atoms with van der Waals surface area (Å²) in [6, 6.07) is -0.0556. The fourth-order valence-corrected chi connectivity index (χ4v) is 1.47. The molecule has 0 aromatic carbocycles. The highest BCUT2D eigenvalue weighted by molar-refractivity contribution is 7.11. The minimum absolute atomic E-state index is 0.0556. The van der Waals surface area contributed by atoms with E-state index in [9.17, 15) is 4.79 Å². The van der Waals surface area contributed by atoms with Crippen LogP contribution in [0, 0.1) is 0 Å². The van der Waals surface area contributed by atoms with Gasteiger partial charge in [-0.25, -0.2) is 4.79 Å². The number of ether oxygens (including phenoxy) is 2. The smallest absolute Gasteiger partial charge is 0.357 e. The number of nitrogens with two attached hydrogens (primary N) is 1. The first-order chi connectivity index (χ1) is 7.13. The Bertz CT molecular complexity index is 325. The van der Waals surface area contributed by atoms with E-state index in [0.717, 1.165) is 0 Å². The summed E-state index contributed by atoms with van der Waals surface area (Å²) >= 11 is 1.26. The monoisotopic (exact) mass is 230 g/mol. The van der Waals surface area contributed by atoms with Crippen LogP contribution >= 0.6 is 11.3 Å². The van der Waals surface area contributed by atoms with Crippen LogP contribution in [-0.4, -0.2) is 30.2 Å². The van der Waals surface area contributed by atoms with Crippen LogP contribution < -0.4 is 10.5 Å². The lowest BCUT2D eigenvalue weighted by atomic mass is 10.4. The van der Waals surface area contributed by atoms with Crippen molar-refractivity contribution in [1.29, 1.82) is 0 Å². The molecule has 1 aromatic heterocycles. The molecule has 2 N–H and O–H groups in total. The molecular weight excluding hydrogens is 216 g/mol. The standard InChI is InChI=1S/C9H14N2O3S/c1-3-13-8(12)7-5-15-9(11-7)14-4-6(2)10/h5-6H,3-4,10H2,1-2H3. The molecule has 0 fully saturated rings. The number of aromatic nitrogens is 1. The maximum Gasteiger partial charge on any atom is 0.357 e. The fourth-order valence-electron chi connectivity index (χ4n) is 0.825. The quantitative estimate of drug-likeness (QED) is 0.765. The van der Waals surface area contributed by atoms with Gasteiger partial charge < -0.3 is 15.2 Å². The number of carbonyl (C=O) groups excluding carboxylic acids is 1. The molecule has 1 heterocycles. The summed E-state index contributed by atoms with van der Waals surface area (Å²) in [7, 11) is 0. The van der Waals surface area contributed by atoms with E-state index in [2.05, 4.69) is 4.98 Å². The SMILES string of the molecule is CCOC(=O)c1csc(OCC(C)N)n1. The third-order valence-electron chi connectivity index (χ3n) is 1.44. The van der Waals surface area contributed by atoms with Gasteiger partial charge >= 0.3 is 5.97 Å². The van der Waals surface area contributed by atoms with E-state index in [0.29, 0.717) is 18.4 Å². The minimum atomic E-state index is -0.426. The van der Waals surface area contributed by atoms with Crippen LogP contribution in [-0.2, 0) is 4.74 Å². The summed E-state index contributed by atoms with van der Waals surface area (Å²) in [5.74, 6) is -0.426. The minimum Gasteiger partial charge on any atom is -0.468 e. The molecule has 15 heavy (non-hydrogen) atoms. The van der Waals surface area contributed by atoms with E-state index < -0.39 is 5.97 Å². The van der Waals surface area contributed by atoms with Crippen LogP contribution in [0.4, 0.5) is 0 Å². The molecule has 0 saturated heterocycles. The third-order valence-corrected chi connectivity index (χ3v) is 2.19. The van der Waals surface area contributed by atoms with E-state index in [-0.39, 0.29) is 11.7 Å². The van der Waals surface area contributed by atoms with Crippen molar-refractivity contribution < 1.29 is 14.3 Å². The number of hydrogen-bond acceptors (Lipinski definition) is 6. The predicted molar refractivity (Wildman–Crippen MR) is 57.2 cm³/mol. The van der Waals surface area contributed by atoms with Crippen LogP contribution in [0.5, 0.6) is 5.19 Å². The molecule has 0 aliphatic carbocycles. The fraction of sp³-hybridized carbons (Fsp3) is 0.556. The zero-order valence-electron chi connectivity index (χ0n) is 8.73. The van der Waals surface area contributed by atoms with E-state index in [4.69, 9.17) is 15.2 Å². The Hall–Kier alpha value is -1.14. The maximum atomic E-state index is 11.2. The molecule has 0 aliphatic rings. The highest BCUT2D eigenvalue weighted by Gasteiger charge is 2.12. The number of thiazole rings is 1. The Morgan fingerprint density at radius 3 is 3.07 bits per heavy atom. The van der Waals surface area contributed by atoms with Crippen LogP contribution in [0.2, 0.25) is 0 Å². The number of hydrogen-bond donors (Lipinski definition) is 1. The van der Waals surface area contributed by atoms with E-state index >= 15 is 0 Å². The number of esters is 1. The molecule has 0 amide bonds. The van der Waals surface area contributed by atoms with Crippen molar-refractivity contribution in [2.45, 2.75) is 19.9 Å². The van der Waals surface area contributed by atoms with Gasteiger partial charge in [-0.05, 0) is 13.8 Å². The Labute approximate surface area is 92.2 Å². The van der Waals surface area contributed by atoms with Gasteiger partial charge in [-0.3, -0.25) is 0 Å². The summed E-state index contributed by atoms with van der Waals surface area (Å²) in [6.07, 6.45) is 0. The first-order valence-electron chi connectivity index (χ1n) is 4.64. The number of carbonyl (C=O) groups is 1. The lowest BCUT2D eigenvalue weighted by molar-refractivity contribution is 0.0519. The van der Waals surface area contributed by atoms with Crippen LogP contribution in [0.15, 0.2) is 5.38 Å². The van der Waals surface area contributed by atoms with Crippen LogP contribution in [0.1, 0.15) is 24.3 Å². The molecule has 84 valence electrons. The maximum absolute atomic E-state index is 11.2. The van der Waals surface area contributed by atoms with Gasteiger partial charge in [0.1, 0.15) is 6.61 Å². The average molecular weight is 230 g/mol. The Kier molecular flexibility index (Phi) is 4.51. The second kappa shape index (κ2) is 5.67. The van der Waals surface area contributed by atoms with Crippen molar-refractivity contribution in [1.82, 2.24) is 4.98 Å². The molecule has 6 heteroatoms. The van der Waals surface area contributed by atoms with Crippen molar-refractivity contribution in [3.05, 3.63) is 11.1 Å². The molecule has 1 atom stereocenters. The van der Waals surface area contributed by atoms with Gasteiger partial charge in [0.25, 0.3) is 5.19 Å². The molecular formula is C9H14N2O3S. The lowest BCUT2D eigenvalue weighted by Crippen LogP contribution is -2.23. The van der Waals surface area contributed by atoms with Crippen molar-refractivity contribution in [2.75, 3.05) is 13.2 Å². The average Bonchev–Trinajstić information content (AvgIpc) is 2.63. The first-order valence-corrected chi connectivity index (χ1v) is 5.52. The first kappa shape index (κ1) is 11.9. The van der Waals surface area contributed by atoms with Crippen molar-refractivity contribution in [2.24, 2.45) is 5.73 Å². The van der Waals surface area contributed by atoms with Gasteiger partial charge in [-0.1, -0.05) is 11.3 Å². The normalized spacial score (nSPS) is 12.2. The van der Waals surface area contributed by atoms with E-state index in [1.165, 1.54) is 11.3 Å². The summed E-state index contributed by atoms with van der Waals surface area (Å²) in [5, 5.41) is 2.05. The Morgan fingerprint density at radius 1 is 1.73 bits per heavy atom. The number of rotatable bonds is 5. The van der Waals surface area contributed by atoms with Gasteiger partial charge in [-0.2, -0.15) is 4.98 Å². The van der Waals surface area contributed by atoms with Crippen LogP contribution in [0.25, 0.3) is 0 Å². The molecule has 0 saturated carbocycles. The summed E-state index contributed by atoms with van der Waals surface area (Å²) in [5.41, 5.74) is 5.79. The van der Waals surface area contributed by atoms with Crippen LogP contribution in [0.3, 0.4) is 0 Å². The second-order valence-electron chi connectivity index (χ2n) is 3.01. The molecule has 1 unspecified atom stereocenters. The zero-order chi connectivity index (χ0) is 11.3.